The predicted octanol–water partition coefficient (Wildman–Crippen LogP) is 11.1. The first-order valence-corrected chi connectivity index (χ1v) is 16.9. The van der Waals surface area contributed by atoms with E-state index in [0.29, 0.717) is 5.82 Å². The van der Waals surface area contributed by atoms with Crippen molar-refractivity contribution in [2.24, 2.45) is 0 Å². The molecule has 5 heterocycles. The molecule has 0 unspecified atom stereocenters. The minimum Gasteiger partial charge on any atom is -0.309 e. The van der Waals surface area contributed by atoms with Gasteiger partial charge < -0.3 is 8.97 Å². The topological polar surface area (TPSA) is 48.0 Å². The fourth-order valence-corrected chi connectivity index (χ4v) is 7.94. The van der Waals surface area contributed by atoms with E-state index in [1.54, 1.807) is 0 Å². The number of hydrogen-bond acceptors (Lipinski definition) is 3. The average molecular weight is 638 g/mol. The van der Waals surface area contributed by atoms with Crippen molar-refractivity contribution in [1.29, 1.82) is 0 Å². The van der Waals surface area contributed by atoms with E-state index in [-0.39, 0.29) is 0 Å². The number of nitrogens with zero attached hydrogens (tertiary/aromatic N) is 5. The number of rotatable bonds is 4. The molecule has 0 aliphatic heterocycles. The summed E-state index contributed by atoms with van der Waals surface area (Å²) < 4.78 is 4.82. The van der Waals surface area contributed by atoms with Gasteiger partial charge in [-0.1, -0.05) is 103 Å². The van der Waals surface area contributed by atoms with E-state index in [2.05, 4.69) is 141 Å². The Bertz CT molecular complexity index is 2970. The van der Waals surface area contributed by atoms with E-state index >= 15 is 0 Å². The van der Waals surface area contributed by atoms with E-state index in [9.17, 15) is 0 Å². The second-order valence-corrected chi connectivity index (χ2v) is 12.9. The highest BCUT2D eigenvalue weighted by Crippen LogP contribution is 2.43. The molecule has 11 rings (SSSR count). The molecule has 0 aliphatic rings. The molecule has 0 bridgehead atoms. The first-order chi connectivity index (χ1) is 24.8. The van der Waals surface area contributed by atoms with Gasteiger partial charge in [-0.2, -0.15) is 0 Å². The number of benzene rings is 6. The minimum absolute atomic E-state index is 0.713. The van der Waals surface area contributed by atoms with Crippen LogP contribution in [0.1, 0.15) is 0 Å². The first-order valence-electron chi connectivity index (χ1n) is 16.9. The summed E-state index contributed by atoms with van der Waals surface area (Å²) >= 11 is 0. The largest absolute Gasteiger partial charge is 0.309 e. The monoisotopic (exact) mass is 637 g/mol. The van der Waals surface area contributed by atoms with Crippen LogP contribution in [0.5, 0.6) is 0 Å². The molecule has 50 heavy (non-hydrogen) atoms. The van der Waals surface area contributed by atoms with Gasteiger partial charge in [-0.25, -0.2) is 9.97 Å². The maximum atomic E-state index is 5.16. The average Bonchev–Trinajstić information content (AvgIpc) is 3.83. The summed E-state index contributed by atoms with van der Waals surface area (Å²) in [7, 11) is 0. The van der Waals surface area contributed by atoms with E-state index < -0.39 is 0 Å². The number of pyridine rings is 1. The summed E-state index contributed by atoms with van der Waals surface area (Å²) in [5.74, 6) is 0.713. The van der Waals surface area contributed by atoms with Gasteiger partial charge in [-0.05, 0) is 48.5 Å². The SMILES string of the molecule is c1ccc(-c2cc(-c3ccc4c(c3)c3cc(-n5c6ccccc6c6cnccc65)cc5c6ccccc6n4c53)nc(-c3ccccc3)n2)cc1. The lowest BCUT2D eigenvalue weighted by molar-refractivity contribution is 1.18. The van der Waals surface area contributed by atoms with Crippen LogP contribution in [-0.2, 0) is 0 Å². The molecule has 0 amide bonds. The Morgan fingerprint density at radius 2 is 1.00 bits per heavy atom. The Hall–Kier alpha value is -6.85. The number of para-hydroxylation sites is 2. The van der Waals surface area contributed by atoms with Gasteiger partial charge in [0.25, 0.3) is 0 Å². The van der Waals surface area contributed by atoms with Crippen LogP contribution in [-0.4, -0.2) is 23.9 Å². The van der Waals surface area contributed by atoms with Crippen LogP contribution >= 0.6 is 0 Å². The highest BCUT2D eigenvalue weighted by molar-refractivity contribution is 6.24. The van der Waals surface area contributed by atoms with Crippen LogP contribution in [0.2, 0.25) is 0 Å². The second kappa shape index (κ2) is 10.3. The van der Waals surface area contributed by atoms with Crippen molar-refractivity contribution >= 4 is 59.9 Å². The summed E-state index contributed by atoms with van der Waals surface area (Å²) in [6, 6.07) is 53.7. The van der Waals surface area contributed by atoms with Crippen LogP contribution in [0.4, 0.5) is 0 Å². The summed E-state index contributed by atoms with van der Waals surface area (Å²) in [5, 5.41) is 7.25. The Morgan fingerprint density at radius 3 is 1.78 bits per heavy atom. The maximum Gasteiger partial charge on any atom is 0.160 e. The fourth-order valence-electron chi connectivity index (χ4n) is 7.94. The lowest BCUT2D eigenvalue weighted by Crippen LogP contribution is -1.96. The number of hydrogen-bond donors (Lipinski definition) is 0. The Balaban J connectivity index is 1.21. The highest BCUT2D eigenvalue weighted by atomic mass is 15.0. The zero-order chi connectivity index (χ0) is 32.8. The molecular weight excluding hydrogens is 611 g/mol. The van der Waals surface area contributed by atoms with Crippen LogP contribution in [0, 0.1) is 0 Å². The van der Waals surface area contributed by atoms with Crippen molar-refractivity contribution in [2.45, 2.75) is 0 Å². The lowest BCUT2D eigenvalue weighted by atomic mass is 10.0. The normalized spacial score (nSPS) is 12.0. The van der Waals surface area contributed by atoms with E-state index in [1.807, 2.05) is 36.7 Å². The smallest absolute Gasteiger partial charge is 0.160 e. The van der Waals surface area contributed by atoms with Gasteiger partial charge in [0.2, 0.25) is 0 Å². The molecule has 0 N–H and O–H groups in total. The van der Waals surface area contributed by atoms with Crippen molar-refractivity contribution in [2.75, 3.05) is 0 Å². The molecule has 0 saturated carbocycles. The first kappa shape index (κ1) is 27.1. The maximum absolute atomic E-state index is 5.16. The summed E-state index contributed by atoms with van der Waals surface area (Å²) in [6.07, 6.45) is 3.87. The van der Waals surface area contributed by atoms with Gasteiger partial charge >= 0.3 is 0 Å². The zero-order valence-electron chi connectivity index (χ0n) is 26.8. The quantitative estimate of drug-likeness (QED) is 0.193. The second-order valence-electron chi connectivity index (χ2n) is 12.9. The minimum atomic E-state index is 0.713. The van der Waals surface area contributed by atoms with Crippen LogP contribution < -0.4 is 0 Å². The van der Waals surface area contributed by atoms with Crippen LogP contribution in [0.15, 0.2) is 164 Å². The summed E-state index contributed by atoms with van der Waals surface area (Å²) in [4.78, 5) is 14.7. The van der Waals surface area contributed by atoms with E-state index in [0.717, 1.165) is 44.7 Å². The molecule has 5 aromatic heterocycles. The Kier molecular flexibility index (Phi) is 5.60. The van der Waals surface area contributed by atoms with E-state index in [1.165, 1.54) is 49.0 Å². The number of aromatic nitrogens is 5. The molecule has 0 fully saturated rings. The molecule has 5 nitrogen and oxygen atoms in total. The van der Waals surface area contributed by atoms with Crippen LogP contribution in [0.25, 0.3) is 99.5 Å². The summed E-state index contributed by atoms with van der Waals surface area (Å²) in [6.45, 7) is 0. The number of fused-ring (bicyclic) bond motifs is 9. The van der Waals surface area contributed by atoms with Gasteiger partial charge in [-0.15, -0.1) is 0 Å². The molecule has 5 heteroatoms. The van der Waals surface area contributed by atoms with Crippen molar-refractivity contribution < 1.29 is 0 Å². The fraction of sp³-hybridized carbons (Fsp3) is 0. The standard InChI is InChI=1S/C45H27N5/c1-3-11-28(12-4-1)38-26-39(48-45(47-38)29-13-5-2-6-14-29)30-19-20-42-34(23-30)36-25-31(24-35-32-15-7-10-18-41(32)50(42)44(35)36)49-40-17-9-8-16-33(40)37-27-46-22-21-43(37)49/h1-27H. The molecule has 0 radical (unpaired) electrons. The van der Waals surface area contributed by atoms with Gasteiger partial charge in [0, 0.05) is 67.1 Å². The highest BCUT2D eigenvalue weighted by Gasteiger charge is 2.21. The summed E-state index contributed by atoms with van der Waals surface area (Å²) in [5.41, 5.74) is 12.0. The van der Waals surface area contributed by atoms with Gasteiger partial charge in [-0.3, -0.25) is 4.98 Å². The third-order valence-corrected chi connectivity index (χ3v) is 10.1. The third-order valence-electron chi connectivity index (χ3n) is 10.1. The molecule has 11 aromatic rings. The third kappa shape index (κ3) is 3.86. The van der Waals surface area contributed by atoms with Crippen molar-refractivity contribution in [3.8, 4) is 39.6 Å². The Morgan fingerprint density at radius 1 is 0.400 bits per heavy atom. The van der Waals surface area contributed by atoms with Gasteiger partial charge in [0.15, 0.2) is 5.82 Å². The zero-order valence-corrected chi connectivity index (χ0v) is 26.8. The molecular formula is C45H27N5. The van der Waals surface area contributed by atoms with Crippen LogP contribution in [0.3, 0.4) is 0 Å². The predicted molar refractivity (Wildman–Crippen MR) is 205 cm³/mol. The molecule has 0 saturated heterocycles. The van der Waals surface area contributed by atoms with E-state index in [4.69, 9.17) is 9.97 Å². The molecule has 0 spiro atoms. The van der Waals surface area contributed by atoms with Crippen molar-refractivity contribution in [1.82, 2.24) is 23.9 Å². The van der Waals surface area contributed by atoms with Gasteiger partial charge in [0.1, 0.15) is 0 Å². The lowest BCUT2D eigenvalue weighted by Gasteiger charge is -2.10. The molecule has 232 valence electrons. The van der Waals surface area contributed by atoms with Gasteiger partial charge in [0.05, 0.1) is 39.0 Å². The molecule has 0 atom stereocenters. The van der Waals surface area contributed by atoms with Crippen molar-refractivity contribution in [3.05, 3.63) is 164 Å². The Labute approximate surface area is 286 Å². The molecule has 6 aromatic carbocycles. The van der Waals surface area contributed by atoms with Crippen molar-refractivity contribution in [3.63, 3.8) is 0 Å². The molecule has 0 aliphatic carbocycles.